The lowest BCUT2D eigenvalue weighted by molar-refractivity contribution is 0.0862. The third-order valence-electron chi connectivity index (χ3n) is 4.16. The molecule has 1 aromatic heterocycles. The summed E-state index contributed by atoms with van der Waals surface area (Å²) in [4.78, 5) is 14.8. The lowest BCUT2D eigenvalue weighted by Gasteiger charge is -2.15. The smallest absolute Gasteiger partial charge is 0.248 e. The molecule has 0 aliphatic heterocycles. The molecule has 5 heteroatoms. The third kappa shape index (κ3) is 3.74. The van der Waals surface area contributed by atoms with Crippen LogP contribution in [-0.2, 0) is 6.42 Å². The summed E-state index contributed by atoms with van der Waals surface area (Å²) in [7, 11) is 5.73. The summed E-state index contributed by atoms with van der Waals surface area (Å²) in [6, 6.07) is 5.29. The number of likely N-dealkylation sites (N-methyl/N-ethyl adjacent to an activating group) is 1. The maximum atomic E-state index is 12.7. The van der Waals surface area contributed by atoms with Gasteiger partial charge < -0.3 is 15.4 Å². The lowest BCUT2D eigenvalue weighted by Crippen LogP contribution is -2.38. The van der Waals surface area contributed by atoms with Crippen molar-refractivity contribution in [3.05, 3.63) is 30.0 Å². The molecule has 0 saturated carbocycles. The molecular weight excluding hydrogens is 290 g/mol. The van der Waals surface area contributed by atoms with Gasteiger partial charge in [0.25, 0.3) is 0 Å². The van der Waals surface area contributed by atoms with Crippen LogP contribution >= 0.6 is 0 Å². The Bertz CT molecular complexity index is 689. The first kappa shape index (κ1) is 17.5. The van der Waals surface area contributed by atoms with E-state index in [-0.39, 0.29) is 11.8 Å². The Morgan fingerprint density at radius 2 is 2.04 bits per heavy atom. The van der Waals surface area contributed by atoms with E-state index in [0.717, 1.165) is 35.2 Å². The van der Waals surface area contributed by atoms with E-state index in [1.54, 1.807) is 11.7 Å². The molecule has 0 spiro atoms. The first-order valence-electron chi connectivity index (χ1n) is 7.97. The van der Waals surface area contributed by atoms with Gasteiger partial charge in [0.1, 0.15) is 5.75 Å². The van der Waals surface area contributed by atoms with Crippen LogP contribution in [0.2, 0.25) is 0 Å². The number of hydrogen-bond acceptors (Lipinski definition) is 4. The molecule has 0 aliphatic rings. The quantitative estimate of drug-likeness (QED) is 0.888. The second-order valence-corrected chi connectivity index (χ2v) is 6.57. The van der Waals surface area contributed by atoms with Crippen LogP contribution < -0.4 is 10.5 Å². The Morgan fingerprint density at radius 1 is 1.35 bits per heavy atom. The summed E-state index contributed by atoms with van der Waals surface area (Å²) < 4.78 is 7.03. The standard InChI is InChI=1S/C18H27N3O2/c1-12(2)17(19)18(22)21-11-13(8-9-20(3)4)15-10-14(23-5)6-7-16(15)21/h6-7,10-12,17H,8-9,19H2,1-5H3/t17-/m0/s1. The van der Waals surface area contributed by atoms with Gasteiger partial charge >= 0.3 is 0 Å². The molecular formula is C18H27N3O2. The molecule has 0 aliphatic carbocycles. The molecule has 126 valence electrons. The van der Waals surface area contributed by atoms with Crippen LogP contribution in [0.25, 0.3) is 10.9 Å². The van der Waals surface area contributed by atoms with E-state index in [9.17, 15) is 4.79 Å². The summed E-state index contributed by atoms with van der Waals surface area (Å²) in [5, 5.41) is 1.05. The first-order chi connectivity index (χ1) is 10.8. The summed E-state index contributed by atoms with van der Waals surface area (Å²) in [6.07, 6.45) is 2.80. The second-order valence-electron chi connectivity index (χ2n) is 6.57. The molecule has 2 aromatic rings. The van der Waals surface area contributed by atoms with Gasteiger partial charge in [0.05, 0.1) is 18.7 Å². The maximum absolute atomic E-state index is 12.7. The minimum Gasteiger partial charge on any atom is -0.497 e. The van der Waals surface area contributed by atoms with E-state index in [1.807, 2.05) is 52.3 Å². The van der Waals surface area contributed by atoms with Crippen molar-refractivity contribution in [2.45, 2.75) is 26.3 Å². The molecule has 0 bridgehead atoms. The number of fused-ring (bicyclic) bond motifs is 1. The summed E-state index contributed by atoms with van der Waals surface area (Å²) >= 11 is 0. The van der Waals surface area contributed by atoms with Crippen molar-refractivity contribution in [1.82, 2.24) is 9.47 Å². The largest absolute Gasteiger partial charge is 0.497 e. The van der Waals surface area contributed by atoms with Gasteiger partial charge in [-0.15, -0.1) is 0 Å². The van der Waals surface area contributed by atoms with Gasteiger partial charge in [-0.3, -0.25) is 9.36 Å². The Kier molecular flexibility index (Phi) is 5.44. The minimum absolute atomic E-state index is 0.0636. The van der Waals surface area contributed by atoms with Gasteiger partial charge in [-0.1, -0.05) is 13.8 Å². The van der Waals surface area contributed by atoms with Crippen molar-refractivity contribution >= 4 is 16.8 Å². The average molecular weight is 317 g/mol. The third-order valence-corrected chi connectivity index (χ3v) is 4.16. The molecule has 1 heterocycles. The van der Waals surface area contributed by atoms with Gasteiger partial charge in [0.15, 0.2) is 0 Å². The molecule has 0 saturated heterocycles. The van der Waals surface area contributed by atoms with E-state index >= 15 is 0 Å². The van der Waals surface area contributed by atoms with Crippen molar-refractivity contribution in [1.29, 1.82) is 0 Å². The number of carbonyl (C=O) groups excluding carboxylic acids is 1. The number of rotatable bonds is 6. The van der Waals surface area contributed by atoms with E-state index in [1.165, 1.54) is 0 Å². The fourth-order valence-corrected chi connectivity index (χ4v) is 2.58. The number of benzene rings is 1. The molecule has 2 N–H and O–H groups in total. The van der Waals surface area contributed by atoms with Gasteiger partial charge in [0.2, 0.25) is 5.91 Å². The van der Waals surface area contributed by atoms with Crippen molar-refractivity contribution in [2.24, 2.45) is 11.7 Å². The van der Waals surface area contributed by atoms with Crippen LogP contribution in [0.5, 0.6) is 5.75 Å². The predicted molar refractivity (Wildman–Crippen MR) is 94.2 cm³/mol. The number of nitrogens with two attached hydrogens (primary N) is 1. The molecule has 0 unspecified atom stereocenters. The fourth-order valence-electron chi connectivity index (χ4n) is 2.58. The van der Waals surface area contributed by atoms with Crippen LogP contribution in [0.15, 0.2) is 24.4 Å². The number of ether oxygens (including phenoxy) is 1. The first-order valence-corrected chi connectivity index (χ1v) is 7.97. The molecule has 1 aromatic carbocycles. The van der Waals surface area contributed by atoms with Crippen molar-refractivity contribution in [3.8, 4) is 5.75 Å². The van der Waals surface area contributed by atoms with Gasteiger partial charge in [-0.2, -0.15) is 0 Å². The summed E-state index contributed by atoms with van der Waals surface area (Å²) in [6.45, 7) is 4.84. The van der Waals surface area contributed by atoms with Gasteiger partial charge in [0, 0.05) is 18.1 Å². The molecule has 1 atom stereocenters. The van der Waals surface area contributed by atoms with Crippen LogP contribution in [0.3, 0.4) is 0 Å². The highest BCUT2D eigenvalue weighted by molar-refractivity contribution is 5.97. The maximum Gasteiger partial charge on any atom is 0.248 e. The highest BCUT2D eigenvalue weighted by atomic mass is 16.5. The monoisotopic (exact) mass is 317 g/mol. The minimum atomic E-state index is -0.505. The number of nitrogens with zero attached hydrogens (tertiary/aromatic N) is 2. The van der Waals surface area contributed by atoms with Crippen molar-refractivity contribution in [2.75, 3.05) is 27.7 Å². The van der Waals surface area contributed by atoms with Gasteiger partial charge in [-0.05, 0) is 50.2 Å². The Labute approximate surface area is 138 Å². The van der Waals surface area contributed by atoms with Crippen LogP contribution in [0, 0.1) is 5.92 Å². The zero-order chi connectivity index (χ0) is 17.1. The molecule has 23 heavy (non-hydrogen) atoms. The highest BCUT2D eigenvalue weighted by Gasteiger charge is 2.22. The zero-order valence-electron chi connectivity index (χ0n) is 14.7. The number of methoxy groups -OCH3 is 1. The molecule has 2 rings (SSSR count). The molecule has 0 fully saturated rings. The molecule has 0 radical (unpaired) electrons. The number of aromatic nitrogens is 1. The van der Waals surface area contributed by atoms with Crippen LogP contribution in [0.1, 0.15) is 24.2 Å². The fraction of sp³-hybridized carbons (Fsp3) is 0.500. The second kappa shape index (κ2) is 7.15. The van der Waals surface area contributed by atoms with Crippen LogP contribution in [0.4, 0.5) is 0 Å². The topological polar surface area (TPSA) is 60.5 Å². The molecule has 5 nitrogen and oxygen atoms in total. The highest BCUT2D eigenvalue weighted by Crippen LogP contribution is 2.27. The SMILES string of the molecule is COc1ccc2c(c1)c(CCN(C)C)cn2C(=O)[C@@H](N)C(C)C. The average Bonchev–Trinajstić information content (AvgIpc) is 2.89. The predicted octanol–water partition coefficient (Wildman–Crippen LogP) is 2.38. The van der Waals surface area contributed by atoms with Crippen LogP contribution in [-0.4, -0.2) is 49.2 Å². The van der Waals surface area contributed by atoms with E-state index in [0.29, 0.717) is 0 Å². The van der Waals surface area contributed by atoms with E-state index in [4.69, 9.17) is 10.5 Å². The van der Waals surface area contributed by atoms with Crippen molar-refractivity contribution < 1.29 is 9.53 Å². The van der Waals surface area contributed by atoms with E-state index in [2.05, 4.69) is 4.90 Å². The number of carbonyl (C=O) groups is 1. The molecule has 0 amide bonds. The lowest BCUT2D eigenvalue weighted by atomic mass is 10.0. The van der Waals surface area contributed by atoms with E-state index < -0.39 is 6.04 Å². The Morgan fingerprint density at radius 3 is 2.61 bits per heavy atom. The van der Waals surface area contributed by atoms with Crippen molar-refractivity contribution in [3.63, 3.8) is 0 Å². The Hall–Kier alpha value is -1.85. The normalized spacial score (nSPS) is 13.0. The summed E-state index contributed by atoms with van der Waals surface area (Å²) in [5.74, 6) is 0.830. The van der Waals surface area contributed by atoms with Gasteiger partial charge in [-0.25, -0.2) is 0 Å². The zero-order valence-corrected chi connectivity index (χ0v) is 14.7. The number of hydrogen-bond donors (Lipinski definition) is 1. The summed E-state index contributed by atoms with van der Waals surface area (Å²) in [5.41, 5.74) is 8.09. The Balaban J connectivity index is 2.50.